The Balaban J connectivity index is 1.60. The fraction of sp³-hybridized carbons (Fsp3) is 0.316. The number of likely N-dealkylation sites (tertiary alicyclic amines) is 1. The van der Waals surface area contributed by atoms with E-state index in [0.717, 1.165) is 25.2 Å². The molecule has 1 saturated heterocycles. The second-order valence-corrected chi connectivity index (χ2v) is 6.29. The lowest BCUT2D eigenvalue weighted by molar-refractivity contribution is -0.384. The predicted octanol–water partition coefficient (Wildman–Crippen LogP) is 3.12. The molecule has 1 heterocycles. The van der Waals surface area contributed by atoms with Crippen LogP contribution >= 0.6 is 0 Å². The number of amides is 1. The summed E-state index contributed by atoms with van der Waals surface area (Å²) in [6.07, 6.45) is 2.53. The topological polar surface area (TPSA) is 75.5 Å². The third kappa shape index (κ3) is 4.64. The average molecular weight is 339 g/mol. The number of hydrogen-bond donors (Lipinski definition) is 1. The van der Waals surface area contributed by atoms with Crippen LogP contribution in [0.5, 0.6) is 0 Å². The molecule has 0 spiro atoms. The highest BCUT2D eigenvalue weighted by molar-refractivity contribution is 5.94. The smallest absolute Gasteiger partial charge is 0.270 e. The van der Waals surface area contributed by atoms with E-state index in [-0.39, 0.29) is 11.6 Å². The van der Waals surface area contributed by atoms with E-state index in [1.807, 2.05) is 12.1 Å². The van der Waals surface area contributed by atoms with Gasteiger partial charge in [0.1, 0.15) is 0 Å². The Labute approximate surface area is 146 Å². The van der Waals surface area contributed by atoms with Crippen molar-refractivity contribution in [2.24, 2.45) is 0 Å². The van der Waals surface area contributed by atoms with Crippen LogP contribution in [0.4, 0.5) is 5.69 Å². The predicted molar refractivity (Wildman–Crippen MR) is 95.2 cm³/mol. The molecule has 2 aromatic rings. The van der Waals surface area contributed by atoms with Crippen LogP contribution < -0.4 is 5.32 Å². The van der Waals surface area contributed by atoms with E-state index in [2.05, 4.69) is 22.3 Å². The van der Waals surface area contributed by atoms with Crippen LogP contribution in [-0.4, -0.2) is 28.8 Å². The van der Waals surface area contributed by atoms with Crippen molar-refractivity contribution < 1.29 is 9.72 Å². The van der Waals surface area contributed by atoms with Crippen molar-refractivity contribution in [1.29, 1.82) is 0 Å². The summed E-state index contributed by atoms with van der Waals surface area (Å²) >= 11 is 0. The molecule has 0 saturated carbocycles. The fourth-order valence-corrected chi connectivity index (χ4v) is 3.08. The number of non-ortho nitro benzene ring substituents is 1. The lowest BCUT2D eigenvalue weighted by atomic mass is 10.1. The van der Waals surface area contributed by atoms with Crippen molar-refractivity contribution in [3.63, 3.8) is 0 Å². The van der Waals surface area contributed by atoms with Crippen molar-refractivity contribution in [1.82, 2.24) is 10.2 Å². The first-order valence-corrected chi connectivity index (χ1v) is 8.44. The lowest BCUT2D eigenvalue weighted by Gasteiger charge is -2.15. The highest BCUT2D eigenvalue weighted by atomic mass is 16.6. The first kappa shape index (κ1) is 17.1. The number of carbonyl (C=O) groups excluding carboxylic acids is 1. The second-order valence-electron chi connectivity index (χ2n) is 6.29. The summed E-state index contributed by atoms with van der Waals surface area (Å²) in [5.74, 6) is -0.311. The molecular weight excluding hydrogens is 318 g/mol. The summed E-state index contributed by atoms with van der Waals surface area (Å²) in [6, 6.07) is 13.9. The van der Waals surface area contributed by atoms with Crippen LogP contribution in [0.15, 0.2) is 48.5 Å². The zero-order valence-electron chi connectivity index (χ0n) is 14.0. The molecule has 0 unspecified atom stereocenters. The van der Waals surface area contributed by atoms with Gasteiger partial charge in [0.15, 0.2) is 0 Å². The fourth-order valence-electron chi connectivity index (χ4n) is 3.08. The van der Waals surface area contributed by atoms with Gasteiger partial charge in [-0.1, -0.05) is 30.3 Å². The molecule has 1 aliphatic heterocycles. The molecule has 130 valence electrons. The Morgan fingerprint density at radius 2 is 1.80 bits per heavy atom. The molecule has 1 amide bonds. The SMILES string of the molecule is O=C(NCc1cccc(CN2CCCC2)c1)c1cccc([N+](=O)[O-])c1. The minimum absolute atomic E-state index is 0.0831. The Kier molecular flexibility index (Phi) is 5.40. The van der Waals surface area contributed by atoms with Gasteiger partial charge in [-0.25, -0.2) is 0 Å². The monoisotopic (exact) mass is 339 g/mol. The molecule has 3 rings (SSSR count). The van der Waals surface area contributed by atoms with E-state index in [1.165, 1.54) is 36.6 Å². The van der Waals surface area contributed by atoms with Gasteiger partial charge >= 0.3 is 0 Å². The van der Waals surface area contributed by atoms with Gasteiger partial charge in [-0.3, -0.25) is 19.8 Å². The van der Waals surface area contributed by atoms with Gasteiger partial charge < -0.3 is 5.32 Å². The summed E-state index contributed by atoms with van der Waals surface area (Å²) < 4.78 is 0. The number of nitro benzene ring substituents is 1. The van der Waals surface area contributed by atoms with E-state index < -0.39 is 4.92 Å². The van der Waals surface area contributed by atoms with Gasteiger partial charge in [0.25, 0.3) is 11.6 Å². The summed E-state index contributed by atoms with van der Waals surface area (Å²) in [5.41, 5.74) is 2.47. The molecule has 6 nitrogen and oxygen atoms in total. The maximum Gasteiger partial charge on any atom is 0.270 e. The highest BCUT2D eigenvalue weighted by Crippen LogP contribution is 2.15. The van der Waals surface area contributed by atoms with Crippen LogP contribution in [0.1, 0.15) is 34.3 Å². The molecule has 0 aliphatic carbocycles. The highest BCUT2D eigenvalue weighted by Gasteiger charge is 2.13. The summed E-state index contributed by atoms with van der Waals surface area (Å²) in [4.78, 5) is 24.9. The third-order valence-corrected chi connectivity index (χ3v) is 4.37. The van der Waals surface area contributed by atoms with Gasteiger partial charge in [-0.15, -0.1) is 0 Å². The van der Waals surface area contributed by atoms with Crippen LogP contribution in [0.3, 0.4) is 0 Å². The molecule has 1 fully saturated rings. The molecule has 0 radical (unpaired) electrons. The Morgan fingerprint density at radius 1 is 1.08 bits per heavy atom. The largest absolute Gasteiger partial charge is 0.348 e. The van der Waals surface area contributed by atoms with Crippen molar-refractivity contribution in [2.75, 3.05) is 13.1 Å². The maximum atomic E-state index is 12.2. The third-order valence-electron chi connectivity index (χ3n) is 4.37. The number of nitrogens with zero attached hydrogens (tertiary/aromatic N) is 2. The molecule has 0 atom stereocenters. The second kappa shape index (κ2) is 7.90. The standard InChI is InChI=1S/C19H21N3O3/c23-19(17-7-4-8-18(12-17)22(24)25)20-13-15-5-3-6-16(11-15)14-21-9-1-2-10-21/h3-8,11-12H,1-2,9-10,13-14H2,(H,20,23). The average Bonchev–Trinajstić information content (AvgIpc) is 3.13. The normalized spacial score (nSPS) is 14.4. The molecule has 25 heavy (non-hydrogen) atoms. The minimum Gasteiger partial charge on any atom is -0.348 e. The van der Waals surface area contributed by atoms with Gasteiger partial charge in [-0.05, 0) is 43.1 Å². The van der Waals surface area contributed by atoms with Crippen LogP contribution in [0.25, 0.3) is 0 Å². The first-order chi connectivity index (χ1) is 12.1. The number of nitrogens with one attached hydrogen (secondary N) is 1. The number of hydrogen-bond acceptors (Lipinski definition) is 4. The molecule has 6 heteroatoms. The van der Waals surface area contributed by atoms with Crippen molar-refractivity contribution in [2.45, 2.75) is 25.9 Å². The van der Waals surface area contributed by atoms with Crippen LogP contribution in [0.2, 0.25) is 0 Å². The summed E-state index contributed by atoms with van der Waals surface area (Å²) in [6.45, 7) is 3.63. The Hall–Kier alpha value is -2.73. The van der Waals surface area contributed by atoms with Crippen molar-refractivity contribution in [3.8, 4) is 0 Å². The van der Waals surface area contributed by atoms with E-state index in [9.17, 15) is 14.9 Å². The minimum atomic E-state index is -0.501. The van der Waals surface area contributed by atoms with Crippen LogP contribution in [0, 0.1) is 10.1 Å². The number of carbonyl (C=O) groups is 1. The van der Waals surface area contributed by atoms with E-state index in [1.54, 1.807) is 6.07 Å². The lowest BCUT2D eigenvalue weighted by Crippen LogP contribution is -2.23. The molecule has 1 N–H and O–H groups in total. The van der Waals surface area contributed by atoms with Crippen LogP contribution in [-0.2, 0) is 13.1 Å². The van der Waals surface area contributed by atoms with Gasteiger partial charge in [0, 0.05) is 30.8 Å². The molecule has 0 aromatic heterocycles. The zero-order chi connectivity index (χ0) is 17.6. The number of nitro groups is 1. The maximum absolute atomic E-state index is 12.2. The van der Waals surface area contributed by atoms with Crippen molar-refractivity contribution in [3.05, 3.63) is 75.3 Å². The molecule has 1 aliphatic rings. The Morgan fingerprint density at radius 3 is 2.56 bits per heavy atom. The summed E-state index contributed by atoms with van der Waals surface area (Å²) in [7, 11) is 0. The number of benzene rings is 2. The number of rotatable bonds is 6. The first-order valence-electron chi connectivity index (χ1n) is 8.44. The summed E-state index contributed by atoms with van der Waals surface area (Å²) in [5, 5.41) is 13.6. The Bertz CT molecular complexity index is 770. The van der Waals surface area contributed by atoms with E-state index in [4.69, 9.17) is 0 Å². The van der Waals surface area contributed by atoms with E-state index >= 15 is 0 Å². The van der Waals surface area contributed by atoms with Gasteiger partial charge in [0.2, 0.25) is 0 Å². The van der Waals surface area contributed by atoms with Crippen molar-refractivity contribution >= 4 is 11.6 Å². The quantitative estimate of drug-likeness (QED) is 0.648. The molecule has 0 bridgehead atoms. The zero-order valence-corrected chi connectivity index (χ0v) is 14.0. The molecular formula is C19H21N3O3. The molecule has 2 aromatic carbocycles. The van der Waals surface area contributed by atoms with Gasteiger partial charge in [-0.2, -0.15) is 0 Å². The van der Waals surface area contributed by atoms with E-state index in [0.29, 0.717) is 12.1 Å². The van der Waals surface area contributed by atoms with Gasteiger partial charge in [0.05, 0.1) is 4.92 Å².